The van der Waals surface area contributed by atoms with Gasteiger partial charge in [-0.3, -0.25) is 14.4 Å². The number of phenols is 2. The number of nitrogens with one attached hydrogen (secondary N) is 2. The Bertz CT molecular complexity index is 1190. The highest BCUT2D eigenvalue weighted by atomic mass is 32.2. The maximum atomic E-state index is 13.2. The standard InChI is InChI=1S/C24H25N3O7S/c1-24(2)19(23(33)34)27-21(32)18(22(27)35-24)26-20(31)17(13-6-4-3-5-7-13)25-16(30)11-12-8-9-14(28)15(29)10-12/h3-10,17-19,22,28-29H,11H2,1-2H3,(H,25,30)(H,26,31)(H,33,34)/t17?,18-,19+,22-/m1/s1. The predicted octanol–water partition coefficient (Wildman–Crippen LogP) is 1.13. The molecule has 0 aromatic heterocycles. The van der Waals surface area contributed by atoms with E-state index in [1.165, 1.54) is 34.9 Å². The van der Waals surface area contributed by atoms with Gasteiger partial charge in [-0.25, -0.2) is 4.79 Å². The third-order valence-electron chi connectivity index (χ3n) is 6.08. The molecule has 2 aromatic rings. The van der Waals surface area contributed by atoms with Crippen LogP contribution in [0, 0.1) is 0 Å². The van der Waals surface area contributed by atoms with Crippen LogP contribution in [0.5, 0.6) is 11.5 Å². The van der Waals surface area contributed by atoms with Crippen LogP contribution in [0.1, 0.15) is 31.0 Å². The van der Waals surface area contributed by atoms with Gasteiger partial charge in [0.1, 0.15) is 23.5 Å². The molecule has 2 aromatic carbocycles. The zero-order valence-electron chi connectivity index (χ0n) is 19.0. The zero-order valence-corrected chi connectivity index (χ0v) is 19.8. The Labute approximate surface area is 205 Å². The summed E-state index contributed by atoms with van der Waals surface area (Å²) in [4.78, 5) is 51.7. The molecule has 10 nitrogen and oxygen atoms in total. The molecule has 0 bridgehead atoms. The number of amides is 3. The number of fused-ring (bicyclic) bond motifs is 1. The Hall–Kier alpha value is -3.73. The van der Waals surface area contributed by atoms with Crippen LogP contribution in [0.4, 0.5) is 0 Å². The Kier molecular flexibility index (Phi) is 6.37. The van der Waals surface area contributed by atoms with Gasteiger partial charge in [0.05, 0.1) is 6.42 Å². The lowest BCUT2D eigenvalue weighted by molar-refractivity contribution is -0.161. The van der Waals surface area contributed by atoms with Crippen molar-refractivity contribution in [3.63, 3.8) is 0 Å². The van der Waals surface area contributed by atoms with Gasteiger partial charge < -0.3 is 30.9 Å². The Morgan fingerprint density at radius 3 is 2.40 bits per heavy atom. The number of phenolic OH excluding ortho intramolecular Hbond substituents is 2. The van der Waals surface area contributed by atoms with E-state index in [2.05, 4.69) is 10.6 Å². The van der Waals surface area contributed by atoms with Crippen LogP contribution < -0.4 is 10.6 Å². The van der Waals surface area contributed by atoms with Gasteiger partial charge in [0.25, 0.3) is 0 Å². The summed E-state index contributed by atoms with van der Waals surface area (Å²) in [6.45, 7) is 3.49. The van der Waals surface area contributed by atoms with Gasteiger partial charge in [0, 0.05) is 4.75 Å². The summed E-state index contributed by atoms with van der Waals surface area (Å²) in [5.74, 6) is -3.37. The molecule has 0 aliphatic carbocycles. The molecule has 0 spiro atoms. The van der Waals surface area contributed by atoms with Crippen molar-refractivity contribution in [1.29, 1.82) is 0 Å². The molecule has 4 atom stereocenters. The van der Waals surface area contributed by atoms with Crippen LogP contribution in [-0.2, 0) is 25.6 Å². The quantitative estimate of drug-likeness (QED) is 0.280. The van der Waals surface area contributed by atoms with E-state index in [0.717, 1.165) is 0 Å². The molecule has 2 saturated heterocycles. The molecule has 2 heterocycles. The molecule has 35 heavy (non-hydrogen) atoms. The number of carbonyl (C=O) groups excluding carboxylic acids is 3. The van der Waals surface area contributed by atoms with Crippen LogP contribution in [-0.4, -0.2) is 66.1 Å². The maximum Gasteiger partial charge on any atom is 0.327 e. The Morgan fingerprint density at radius 1 is 1.09 bits per heavy atom. The molecular weight excluding hydrogens is 474 g/mol. The topological polar surface area (TPSA) is 156 Å². The van der Waals surface area contributed by atoms with Gasteiger partial charge in [-0.1, -0.05) is 36.4 Å². The Balaban J connectivity index is 1.49. The minimum absolute atomic E-state index is 0.159. The number of carboxylic acid groups (broad SMARTS) is 1. The lowest BCUT2D eigenvalue weighted by Gasteiger charge is -2.44. The predicted molar refractivity (Wildman–Crippen MR) is 126 cm³/mol. The highest BCUT2D eigenvalue weighted by molar-refractivity contribution is 8.01. The lowest BCUT2D eigenvalue weighted by atomic mass is 9.95. The van der Waals surface area contributed by atoms with E-state index in [1.54, 1.807) is 44.2 Å². The molecule has 1 unspecified atom stereocenters. The number of rotatable bonds is 7. The number of thioether (sulfide) groups is 1. The van der Waals surface area contributed by atoms with Crippen molar-refractivity contribution in [2.45, 2.75) is 48.5 Å². The summed E-state index contributed by atoms with van der Waals surface area (Å²) in [5, 5.41) is 33.5. The van der Waals surface area contributed by atoms with E-state index in [1.807, 2.05) is 0 Å². The molecule has 0 saturated carbocycles. The number of hydrogen-bond donors (Lipinski definition) is 5. The second kappa shape index (κ2) is 9.14. The number of aromatic hydroxyl groups is 2. The summed E-state index contributed by atoms with van der Waals surface area (Å²) < 4.78 is -0.728. The van der Waals surface area contributed by atoms with Gasteiger partial charge in [-0.2, -0.15) is 0 Å². The minimum Gasteiger partial charge on any atom is -0.504 e. The minimum atomic E-state index is -1.11. The maximum absolute atomic E-state index is 13.2. The highest BCUT2D eigenvalue weighted by Gasteiger charge is 2.64. The molecule has 3 amide bonds. The summed E-state index contributed by atoms with van der Waals surface area (Å²) in [6.07, 6.45) is -0.159. The van der Waals surface area contributed by atoms with Crippen molar-refractivity contribution in [1.82, 2.24) is 15.5 Å². The summed E-state index contributed by atoms with van der Waals surface area (Å²) in [7, 11) is 0. The average Bonchev–Trinajstić information content (AvgIpc) is 3.06. The third kappa shape index (κ3) is 4.63. The van der Waals surface area contributed by atoms with Gasteiger partial charge in [-0.05, 0) is 37.1 Å². The van der Waals surface area contributed by atoms with E-state index in [0.29, 0.717) is 11.1 Å². The van der Waals surface area contributed by atoms with E-state index in [4.69, 9.17) is 0 Å². The van der Waals surface area contributed by atoms with Gasteiger partial charge in [0.2, 0.25) is 17.7 Å². The van der Waals surface area contributed by atoms with Crippen molar-refractivity contribution < 1.29 is 34.5 Å². The van der Waals surface area contributed by atoms with Gasteiger partial charge >= 0.3 is 5.97 Å². The molecule has 2 aliphatic heterocycles. The molecule has 184 valence electrons. The molecule has 5 N–H and O–H groups in total. The normalized spacial score (nSPS) is 23.1. The van der Waals surface area contributed by atoms with E-state index < -0.39 is 51.9 Å². The average molecular weight is 500 g/mol. The van der Waals surface area contributed by atoms with Crippen molar-refractivity contribution >= 4 is 35.5 Å². The molecule has 2 fully saturated rings. The summed E-state index contributed by atoms with van der Waals surface area (Å²) >= 11 is 1.31. The second-order valence-corrected chi connectivity index (χ2v) is 10.8. The van der Waals surface area contributed by atoms with Crippen LogP contribution in [0.15, 0.2) is 48.5 Å². The van der Waals surface area contributed by atoms with Gasteiger partial charge in [0.15, 0.2) is 11.5 Å². The second-order valence-electron chi connectivity index (χ2n) is 9.00. The number of aliphatic carboxylic acids is 1. The number of nitrogens with zero attached hydrogens (tertiary/aromatic N) is 1. The highest BCUT2D eigenvalue weighted by Crippen LogP contribution is 2.50. The van der Waals surface area contributed by atoms with Crippen LogP contribution in [0.2, 0.25) is 0 Å². The third-order valence-corrected chi connectivity index (χ3v) is 7.65. The first-order valence-corrected chi connectivity index (χ1v) is 11.8. The lowest BCUT2D eigenvalue weighted by Crippen LogP contribution is -2.71. The first kappa shape index (κ1) is 24.4. The number of carbonyl (C=O) groups is 4. The van der Waals surface area contributed by atoms with E-state index in [-0.39, 0.29) is 17.9 Å². The fourth-order valence-electron chi connectivity index (χ4n) is 4.40. The summed E-state index contributed by atoms with van der Waals surface area (Å²) in [5.41, 5.74) is 0.928. The number of benzene rings is 2. The van der Waals surface area contributed by atoms with Crippen molar-refractivity contribution in [2.75, 3.05) is 0 Å². The SMILES string of the molecule is CC1(C)S[C@@H]2[C@H](NC(=O)C(NC(=O)Cc3ccc(O)c(O)c3)c3ccccc3)C(=O)N2[C@H]1C(=O)O. The van der Waals surface area contributed by atoms with Crippen LogP contribution >= 0.6 is 11.8 Å². The van der Waals surface area contributed by atoms with Crippen molar-refractivity contribution in [3.05, 3.63) is 59.7 Å². The first-order valence-electron chi connectivity index (χ1n) is 10.9. The van der Waals surface area contributed by atoms with E-state index in [9.17, 15) is 34.5 Å². The number of β-lactam (4-membered cyclic amide) rings is 1. The molecule has 11 heteroatoms. The number of hydrogen-bond acceptors (Lipinski definition) is 7. The fourth-order valence-corrected chi connectivity index (χ4v) is 6.03. The van der Waals surface area contributed by atoms with E-state index >= 15 is 0 Å². The molecular formula is C24H25N3O7S. The molecule has 2 aliphatic rings. The van der Waals surface area contributed by atoms with Crippen molar-refractivity contribution in [2.24, 2.45) is 0 Å². The smallest absolute Gasteiger partial charge is 0.327 e. The van der Waals surface area contributed by atoms with Crippen molar-refractivity contribution in [3.8, 4) is 11.5 Å². The Morgan fingerprint density at radius 2 is 1.77 bits per heavy atom. The molecule has 0 radical (unpaired) electrons. The van der Waals surface area contributed by atoms with Gasteiger partial charge in [-0.15, -0.1) is 11.8 Å². The van der Waals surface area contributed by atoms with Crippen LogP contribution in [0.25, 0.3) is 0 Å². The number of carboxylic acids is 1. The largest absolute Gasteiger partial charge is 0.504 e. The van der Waals surface area contributed by atoms with Crippen LogP contribution in [0.3, 0.4) is 0 Å². The fraction of sp³-hybridized carbons (Fsp3) is 0.333. The zero-order chi connectivity index (χ0) is 25.5. The summed E-state index contributed by atoms with van der Waals surface area (Å²) in [6, 6.07) is 9.50. The molecule has 4 rings (SSSR count). The monoisotopic (exact) mass is 499 g/mol. The first-order chi connectivity index (χ1) is 16.5.